The zero-order valence-electron chi connectivity index (χ0n) is 4.42. The smallest absolute Gasteiger partial charge is 0.759 e. The largest absolute Gasteiger partial charge is 1.00 e. The fourth-order valence-corrected chi connectivity index (χ4v) is 0. The normalized spacial score (nSPS) is 7.25. The Morgan fingerprint density at radius 3 is 1.00 bits per heavy atom. The number of rotatable bonds is 0. The molecule has 0 N–H and O–H groups in total. The first-order valence-electron chi connectivity index (χ1n) is 0.667. The van der Waals surface area contributed by atoms with Gasteiger partial charge >= 0.3 is 59.1 Å². The van der Waals surface area contributed by atoms with Crippen LogP contribution in [-0.4, -0.2) is 17.5 Å². The predicted molar refractivity (Wildman–Crippen MR) is 10.5 cm³/mol. The molecule has 0 bridgehead atoms. The summed E-state index contributed by atoms with van der Waals surface area (Å²) in [6.45, 7) is 0. The molecule has 1 radical (unpaired) electrons. The van der Waals surface area contributed by atoms with Crippen LogP contribution >= 0.6 is 0 Å². The van der Waals surface area contributed by atoms with Gasteiger partial charge in [-0.05, 0) is 0 Å². The van der Waals surface area contributed by atoms with Gasteiger partial charge in [-0.3, -0.25) is 8.42 Å². The Balaban J connectivity index is -0.0000000267. The molecule has 8 heteroatoms. The maximum Gasteiger partial charge on any atom is 1.00 e. The van der Waals surface area contributed by atoms with E-state index in [4.69, 9.17) is 17.5 Å². The summed E-state index contributed by atoms with van der Waals surface area (Å²) in [5.41, 5.74) is 0. The van der Waals surface area contributed by atoms with E-state index in [1.165, 1.54) is 0 Å². The Morgan fingerprint density at radius 1 is 1.00 bits per heavy atom. The molecule has 0 aromatic heterocycles. The molecule has 0 fully saturated rings. The van der Waals surface area contributed by atoms with Crippen molar-refractivity contribution in [3.8, 4) is 0 Å². The average Bonchev–Trinajstić information content (AvgIpc) is 0.722. The minimum absolute atomic E-state index is 0. The van der Waals surface area contributed by atoms with Crippen LogP contribution in [0.25, 0.3) is 0 Å². The number of hydrogen-bond acceptors (Lipinski definition) is 4. The molecule has 4 nitrogen and oxygen atoms in total. The zero-order valence-corrected chi connectivity index (χ0v) is 12.0. The van der Waals surface area contributed by atoms with Crippen molar-refractivity contribution in [1.82, 2.24) is 0 Å². The van der Waals surface area contributed by atoms with Crippen LogP contribution < -0.4 is 59.1 Å². The van der Waals surface area contributed by atoms with Gasteiger partial charge in [0.25, 0.3) is 0 Å². The van der Waals surface area contributed by atoms with E-state index < -0.39 is 10.4 Å². The van der Waals surface area contributed by atoms with E-state index in [1.54, 1.807) is 0 Å². The molecule has 0 saturated heterocycles. The molecule has 0 aliphatic heterocycles. The predicted octanol–water partition coefficient (Wildman–Crippen LogP) is -7.33. The number of hydrogen-bond donors (Lipinski definition) is 0. The van der Waals surface area contributed by atoms with E-state index in [0.29, 0.717) is 0 Å². The van der Waals surface area contributed by atoms with E-state index in [9.17, 15) is 0 Å². The summed E-state index contributed by atoms with van der Waals surface area (Å²) in [5.74, 6) is 0. The zero-order chi connectivity index (χ0) is 4.50. The Kier molecular flexibility index (Phi) is 26.7. The van der Waals surface area contributed by atoms with Gasteiger partial charge in [0.15, 0.2) is 0 Å². The van der Waals surface area contributed by atoms with Crippen LogP contribution in [0, 0.1) is 0 Å². The molecule has 0 unspecified atom stereocenters. The molecule has 0 aromatic rings. The van der Waals surface area contributed by atoms with Crippen molar-refractivity contribution in [2.24, 2.45) is 0 Å². The van der Waals surface area contributed by atoms with Crippen molar-refractivity contribution >= 4 is 10.4 Å². The quantitative estimate of drug-likeness (QED) is 0.251. The van der Waals surface area contributed by atoms with Crippen LogP contribution in [-0.2, 0) is 30.8 Å². The molecular formula is Na2O4ReS. The third kappa shape index (κ3) is 75.5. The van der Waals surface area contributed by atoms with Crippen molar-refractivity contribution < 1.29 is 97.1 Å². The first-order valence-corrected chi connectivity index (χ1v) is 2.00. The Hall–Kier alpha value is 2.53. The summed E-state index contributed by atoms with van der Waals surface area (Å²) in [6, 6.07) is 0. The molecule has 0 rings (SSSR count). The van der Waals surface area contributed by atoms with Crippen molar-refractivity contribution in [1.29, 1.82) is 0 Å². The van der Waals surface area contributed by atoms with Crippen molar-refractivity contribution in [2.45, 2.75) is 0 Å². The molecule has 0 spiro atoms. The third-order valence-electron chi connectivity index (χ3n) is 0. The summed E-state index contributed by atoms with van der Waals surface area (Å²) in [4.78, 5) is 0. The fraction of sp³-hybridized carbons (Fsp3) is 0. The van der Waals surface area contributed by atoms with Gasteiger partial charge in [0.1, 0.15) is 0 Å². The summed E-state index contributed by atoms with van der Waals surface area (Å²) < 4.78 is 34.1. The average molecular weight is 328 g/mol. The van der Waals surface area contributed by atoms with E-state index in [2.05, 4.69) is 0 Å². The van der Waals surface area contributed by atoms with Crippen molar-refractivity contribution in [2.75, 3.05) is 0 Å². The van der Waals surface area contributed by atoms with Gasteiger partial charge in [-0.15, -0.1) is 0 Å². The van der Waals surface area contributed by atoms with E-state index in [-0.39, 0.29) is 79.5 Å². The van der Waals surface area contributed by atoms with E-state index in [1.807, 2.05) is 0 Å². The topological polar surface area (TPSA) is 80.3 Å². The van der Waals surface area contributed by atoms with Crippen LogP contribution in [0.2, 0.25) is 0 Å². The van der Waals surface area contributed by atoms with Gasteiger partial charge in [0, 0.05) is 30.8 Å². The minimum atomic E-state index is -5.17. The first-order chi connectivity index (χ1) is 2.00. The molecule has 0 aliphatic carbocycles. The van der Waals surface area contributed by atoms with Gasteiger partial charge in [0.05, 0.1) is 0 Å². The van der Waals surface area contributed by atoms with Crippen LogP contribution in [0.15, 0.2) is 0 Å². The standard InChI is InChI=1S/2Na.H2O4S.Re/c;;1-5(2,3)4;/h;;(H2,1,2,3,4);/q2*+1;;/p-2. The second-order valence-electron chi connectivity index (χ2n) is 0.408. The van der Waals surface area contributed by atoms with Gasteiger partial charge in [0.2, 0.25) is 0 Å². The van der Waals surface area contributed by atoms with Gasteiger partial charge in [-0.25, -0.2) is 0 Å². The SMILES string of the molecule is O=S(=O)([O-])[O-].[Na+].[Na+].[Re]. The molecule has 0 aliphatic rings. The molecular weight excluding hydrogens is 328 g/mol. The summed E-state index contributed by atoms with van der Waals surface area (Å²) in [7, 11) is -5.17. The molecule has 8 heavy (non-hydrogen) atoms. The molecule has 0 saturated carbocycles. The summed E-state index contributed by atoms with van der Waals surface area (Å²) >= 11 is 0. The van der Waals surface area contributed by atoms with Crippen molar-refractivity contribution in [3.05, 3.63) is 0 Å². The van der Waals surface area contributed by atoms with Gasteiger partial charge in [-0.2, -0.15) is 0 Å². The van der Waals surface area contributed by atoms with E-state index >= 15 is 0 Å². The first kappa shape index (κ1) is 22.4. The molecule has 39 valence electrons. The van der Waals surface area contributed by atoms with Gasteiger partial charge < -0.3 is 9.11 Å². The molecule has 0 aromatic carbocycles. The monoisotopic (exact) mass is 329 g/mol. The Bertz CT molecular complexity index is 97.2. The second-order valence-corrected chi connectivity index (χ2v) is 1.22. The van der Waals surface area contributed by atoms with Gasteiger partial charge in [-0.1, -0.05) is 0 Å². The molecule has 0 amide bonds. The van der Waals surface area contributed by atoms with Crippen LogP contribution in [0.5, 0.6) is 0 Å². The third-order valence-corrected chi connectivity index (χ3v) is 0. The molecule has 0 atom stereocenters. The Morgan fingerprint density at radius 2 is 1.00 bits per heavy atom. The Labute approximate surface area is 106 Å². The summed E-state index contributed by atoms with van der Waals surface area (Å²) in [5, 5.41) is 0. The van der Waals surface area contributed by atoms with Crippen LogP contribution in [0.3, 0.4) is 0 Å². The fourth-order valence-electron chi connectivity index (χ4n) is 0. The van der Waals surface area contributed by atoms with Crippen molar-refractivity contribution in [3.63, 3.8) is 0 Å². The second kappa shape index (κ2) is 9.53. The minimum Gasteiger partial charge on any atom is -0.759 e. The summed E-state index contributed by atoms with van der Waals surface area (Å²) in [6.07, 6.45) is 0. The maximum absolute atomic E-state index is 8.52. The molecule has 0 heterocycles. The van der Waals surface area contributed by atoms with E-state index in [0.717, 1.165) is 0 Å². The maximum atomic E-state index is 8.52. The van der Waals surface area contributed by atoms with Crippen LogP contribution in [0.1, 0.15) is 0 Å². The van der Waals surface area contributed by atoms with Crippen LogP contribution in [0.4, 0.5) is 0 Å².